The molecule has 0 spiro atoms. The number of hydrogen-bond donors (Lipinski definition) is 6. The van der Waals surface area contributed by atoms with Crippen molar-refractivity contribution in [1.82, 2.24) is 9.80 Å². The third-order valence-corrected chi connectivity index (χ3v) is 3.35. The van der Waals surface area contributed by atoms with Crippen LogP contribution in [-0.2, 0) is 61.9 Å². The van der Waals surface area contributed by atoms with Crippen molar-refractivity contribution in [1.29, 1.82) is 0 Å². The van der Waals surface area contributed by atoms with Gasteiger partial charge in [0.15, 0.2) is 17.0 Å². The molecule has 0 aromatic heterocycles. The molecule has 33 heavy (non-hydrogen) atoms. The van der Waals surface area contributed by atoms with Crippen molar-refractivity contribution in [2.45, 2.75) is 0 Å². The van der Waals surface area contributed by atoms with Crippen LogP contribution in [0.5, 0.6) is 0 Å². The molecule has 0 aromatic carbocycles. The van der Waals surface area contributed by atoms with Gasteiger partial charge in [0.1, 0.15) is 0 Å². The van der Waals surface area contributed by atoms with E-state index in [2.05, 4.69) is 4.18 Å². The zero-order chi connectivity index (χ0) is 23.2. The predicted molar refractivity (Wildman–Crippen MR) is 95.0 cm³/mol. The number of carboxylic acid groups (broad SMARTS) is 4. The molecule has 0 heterocycles. The monoisotopic (exact) mass is 596 g/mol. The first-order valence-electron chi connectivity index (χ1n) is 7.13. The van der Waals surface area contributed by atoms with E-state index in [1.54, 1.807) is 0 Å². The molecule has 0 aliphatic heterocycles. The van der Waals surface area contributed by atoms with Gasteiger partial charge in [-0.05, 0) is 0 Å². The molecule has 6 N–H and O–H groups in total. The van der Waals surface area contributed by atoms with Crippen LogP contribution in [-0.4, -0.2) is 121 Å². The number of rotatable bonds is 14. The van der Waals surface area contributed by atoms with Crippen LogP contribution in [0, 0.1) is 0 Å². The Hall–Kier alpha value is 1.30. The largest absolute Gasteiger partial charge is 1.00 e. The van der Waals surface area contributed by atoms with Crippen molar-refractivity contribution in [3.8, 4) is 0 Å². The van der Waals surface area contributed by atoms with Crippen LogP contribution in [0.2, 0.25) is 0 Å². The Kier molecular flexibility index (Phi) is 37.9. The van der Waals surface area contributed by atoms with Crippen LogP contribution in [0.1, 0.15) is 4.28 Å². The summed E-state index contributed by atoms with van der Waals surface area (Å²) in [6, 6.07) is 0. The molecule has 16 nitrogen and oxygen atoms in total. The number of hydrogen-bond acceptors (Lipinski definition) is 10. The molecule has 1 atom stereocenters. The van der Waals surface area contributed by atoms with E-state index in [1.807, 2.05) is 0 Å². The van der Waals surface area contributed by atoms with E-state index in [0.717, 1.165) is 9.80 Å². The zero-order valence-corrected chi connectivity index (χ0v) is 26.7. The second-order valence-corrected chi connectivity index (χ2v) is 6.95. The first kappa shape index (κ1) is 47.5. The minimum atomic E-state index is -4.57. The van der Waals surface area contributed by atoms with Crippen LogP contribution in [0.4, 0.5) is 0 Å². The number of carboxylic acids is 4. The Morgan fingerprint density at radius 2 is 1.00 bits per heavy atom. The van der Waals surface area contributed by atoms with Gasteiger partial charge in [0.05, 0.1) is 26.2 Å². The van der Waals surface area contributed by atoms with Crippen LogP contribution < -0.4 is 88.7 Å². The fourth-order valence-electron chi connectivity index (χ4n) is 1.58. The molecular weight excluding hydrogens is 573 g/mol. The van der Waals surface area contributed by atoms with Gasteiger partial charge in [-0.25, -0.2) is 8.39 Å². The predicted octanol–water partition coefficient (Wildman–Crippen LogP) is -11.7. The Morgan fingerprint density at radius 1 is 0.758 bits per heavy atom. The van der Waals surface area contributed by atoms with Crippen molar-refractivity contribution >= 4 is 45.4 Å². The van der Waals surface area contributed by atoms with Gasteiger partial charge in [-0.3, -0.25) is 33.5 Å². The Balaban J connectivity index is -0.0000000572. The van der Waals surface area contributed by atoms with Gasteiger partial charge in [0, 0.05) is 30.2 Å². The fourth-order valence-corrected chi connectivity index (χ4v) is 2.39. The summed E-state index contributed by atoms with van der Waals surface area (Å²) in [5.74, 6) is -5.86. The molecule has 0 rings (SSSR count). The molecule has 0 aliphatic rings. The topological polar surface area (TPSA) is 257 Å². The van der Waals surface area contributed by atoms with Crippen molar-refractivity contribution in [2.24, 2.45) is 0 Å². The second-order valence-electron chi connectivity index (χ2n) is 4.98. The minimum absolute atomic E-state index is 0. The molecule has 1 unspecified atom stereocenters. The van der Waals surface area contributed by atoms with Gasteiger partial charge < -0.3 is 29.3 Å². The zero-order valence-electron chi connectivity index (χ0n) is 21.0. The van der Waals surface area contributed by atoms with E-state index in [0.29, 0.717) is 0 Å². The molecule has 184 valence electrons. The maximum Gasteiger partial charge on any atom is 1.00 e. The maximum absolute atomic E-state index is 10.6. The van der Waals surface area contributed by atoms with Gasteiger partial charge in [-0.2, -0.15) is 8.42 Å². The van der Waals surface area contributed by atoms with Gasteiger partial charge >= 0.3 is 123 Å². The Morgan fingerprint density at radius 3 is 1.12 bits per heavy atom. The van der Waals surface area contributed by atoms with Crippen LogP contribution in [0.25, 0.3) is 0 Å². The molecule has 0 saturated heterocycles. The molecular formula is C11H23FeN2Na3O14S2. The summed E-state index contributed by atoms with van der Waals surface area (Å²) in [6.45, 7) is -2.25. The quantitative estimate of drug-likeness (QED) is 0.0618. The van der Waals surface area contributed by atoms with Crippen molar-refractivity contribution in [3.63, 3.8) is 0 Å². The molecule has 0 aliphatic carbocycles. The van der Waals surface area contributed by atoms with Crippen molar-refractivity contribution in [2.75, 3.05) is 45.2 Å². The molecule has 22 heteroatoms. The average Bonchev–Trinajstić information content (AvgIpc) is 2.48. The van der Waals surface area contributed by atoms with Crippen molar-refractivity contribution < 1.29 is 176 Å². The van der Waals surface area contributed by atoms with E-state index in [9.17, 15) is 31.8 Å². The summed E-state index contributed by atoms with van der Waals surface area (Å²) in [5, 5.41) is 34.5. The maximum atomic E-state index is 10.6. The number of aliphatic carboxylic acids is 4. The first-order chi connectivity index (χ1) is 13.1. The molecule has 0 fully saturated rings. The van der Waals surface area contributed by atoms with Crippen LogP contribution >= 0.6 is 0 Å². The SMILES string of the molecule is O=C(O)CN(CCN(CC(=O)O)CC(=O)O)CC(=O)O.O=S(O)COS(=O)(=O)O.[Fe].[H-].[H-].[H-].[Na+].[Na+].[Na+]. The molecule has 0 amide bonds. The minimum Gasteiger partial charge on any atom is -1.00 e. The molecule has 0 bridgehead atoms. The summed E-state index contributed by atoms with van der Waals surface area (Å²) in [5.41, 5.74) is 0. The van der Waals surface area contributed by atoms with Crippen LogP contribution in [0.15, 0.2) is 0 Å². The normalized spacial score (nSPS) is 10.7. The van der Waals surface area contributed by atoms with Crippen LogP contribution in [0.3, 0.4) is 0 Å². The van der Waals surface area contributed by atoms with Gasteiger partial charge in [-0.15, -0.1) is 0 Å². The van der Waals surface area contributed by atoms with Gasteiger partial charge in [-0.1, -0.05) is 0 Å². The van der Waals surface area contributed by atoms with E-state index in [4.69, 9.17) is 29.5 Å². The summed E-state index contributed by atoms with van der Waals surface area (Å²) >= 11 is -2.37. The Bertz CT molecular complexity index is 661. The average molecular weight is 596 g/mol. The van der Waals surface area contributed by atoms with Crippen molar-refractivity contribution in [3.05, 3.63) is 0 Å². The summed E-state index contributed by atoms with van der Waals surface area (Å²) in [6.07, 6.45) is 0. The van der Waals surface area contributed by atoms with Gasteiger partial charge in [0.25, 0.3) is 0 Å². The van der Waals surface area contributed by atoms with E-state index < -0.39 is 77.5 Å². The summed E-state index contributed by atoms with van der Waals surface area (Å²) in [4.78, 5) is 44.4. The third kappa shape index (κ3) is 40.7. The molecule has 0 radical (unpaired) electrons. The molecule has 0 aromatic rings. The molecule has 0 saturated carbocycles. The first-order valence-corrected chi connectivity index (χ1v) is 9.77. The fraction of sp³-hybridized carbons (Fsp3) is 0.636. The smallest absolute Gasteiger partial charge is 1.00 e. The van der Waals surface area contributed by atoms with Gasteiger partial charge in [0.2, 0.25) is 0 Å². The van der Waals surface area contributed by atoms with E-state index in [-0.39, 0.29) is 123 Å². The van der Waals surface area contributed by atoms with E-state index >= 15 is 0 Å². The third-order valence-electron chi connectivity index (χ3n) is 2.47. The standard InChI is InChI=1S/C10H16N2O8.CH4O6S2.Fe.3Na.3H/c13-7(14)3-11(4-8(15)16)1-2-12(5-9(17)18)6-10(19)20;2-8(3)1-7-9(4,5)6;;;;;;;/h1-6H2,(H,13,14)(H,15,16)(H,17,18)(H,19,20);1H2,(H,2,3)(H,4,5,6);;;;;;;/q;;;3*+1;3*-1. The number of nitrogens with zero attached hydrogens (tertiary/aromatic N) is 2. The summed E-state index contributed by atoms with van der Waals surface area (Å²) in [7, 11) is -4.57. The summed E-state index contributed by atoms with van der Waals surface area (Å²) < 4.78 is 48.0. The Labute approximate surface area is 272 Å². The number of carbonyl (C=O) groups is 4. The van der Waals surface area contributed by atoms with E-state index in [1.165, 1.54) is 0 Å². The second kappa shape index (κ2) is 26.4.